The Morgan fingerprint density at radius 2 is 0.299 bits per heavy atom. The Kier molecular flexibility index (Phi) is 35.7. The van der Waals surface area contributed by atoms with Crippen LogP contribution >= 0.6 is 0 Å². The van der Waals surface area contributed by atoms with E-state index in [0.29, 0.717) is 39.6 Å². The van der Waals surface area contributed by atoms with Crippen molar-refractivity contribution in [2.24, 2.45) is 0 Å². The fourth-order valence-electron chi connectivity index (χ4n) is 15.3. The van der Waals surface area contributed by atoms with E-state index in [4.69, 9.17) is 28.4 Å². The Bertz CT molecular complexity index is 2070. The molecule has 0 radical (unpaired) electrons. The van der Waals surface area contributed by atoms with Gasteiger partial charge in [0.1, 0.15) is 0 Å². The standard InChI is InChI=1S/C81H132O6/c1-7-13-19-25-31-37-43-49-82-58-70-64-55-66-72(60-84-51-45-39-33-27-21-15-9-3)74(62-86-53-47-41-35-29-23-17-11-5)68-57-69-75(63-87-54-48-42-36-30-24-18-12-6)73(61-85-52-46-40-34-28-22-16-10-4)67-56-65(77-76(64)78(66)80(68)81(69)79(67)77)71(70)59-83-50-44-38-32-26-20-14-8-2/h7-63H2,1-6H3. The molecule has 7 rings (SSSR count). The Morgan fingerprint density at radius 1 is 0.172 bits per heavy atom. The van der Waals surface area contributed by atoms with Crippen molar-refractivity contribution < 1.29 is 28.4 Å². The summed E-state index contributed by atoms with van der Waals surface area (Å²) in [5.74, 6) is 0. The van der Waals surface area contributed by atoms with E-state index in [2.05, 4.69) is 41.5 Å². The van der Waals surface area contributed by atoms with Crippen LogP contribution in [0.4, 0.5) is 0 Å². The highest BCUT2D eigenvalue weighted by Gasteiger charge is 2.40. The van der Waals surface area contributed by atoms with Crippen molar-refractivity contribution in [1.82, 2.24) is 0 Å². The third kappa shape index (κ3) is 21.8. The van der Waals surface area contributed by atoms with Gasteiger partial charge in [-0.1, -0.05) is 273 Å². The maximum Gasteiger partial charge on any atom is 0.0723 e. The fraction of sp³-hybridized carbons (Fsp3) is 0.778. The average Bonchev–Trinajstić information content (AvgIpc) is 1.51. The SMILES string of the molecule is CCCCCCCCCOCc1c(COCCCCCCCCC)c2c3c4c1Cc1c(COCCCCCCCCC)c(COCCCCCCCCC)c5c(c14)c1c(c(COCCCCCCCCC)c(COCCCCCCCCC)c(c31)C2)C5. The van der Waals surface area contributed by atoms with Gasteiger partial charge in [-0.2, -0.15) is 0 Å². The third-order valence-electron chi connectivity index (χ3n) is 20.5. The number of ether oxygens (including phenoxy) is 6. The van der Waals surface area contributed by atoms with Crippen molar-refractivity contribution in [3.05, 3.63) is 66.8 Å². The van der Waals surface area contributed by atoms with Gasteiger partial charge in [-0.25, -0.2) is 0 Å². The molecule has 3 aliphatic carbocycles. The number of rotatable bonds is 60. The molecule has 0 saturated heterocycles. The highest BCUT2D eigenvalue weighted by molar-refractivity contribution is 6.34. The molecule has 6 nitrogen and oxygen atoms in total. The summed E-state index contributed by atoms with van der Waals surface area (Å²) in [7, 11) is 0. The number of hydrogen-bond donors (Lipinski definition) is 0. The van der Waals surface area contributed by atoms with Crippen LogP contribution in [0.25, 0.3) is 32.3 Å². The van der Waals surface area contributed by atoms with Crippen LogP contribution in [0.5, 0.6) is 0 Å². The van der Waals surface area contributed by atoms with Crippen molar-refractivity contribution in [2.45, 2.75) is 370 Å². The molecule has 0 aliphatic heterocycles. The first-order valence-corrected chi connectivity index (χ1v) is 38.2. The molecule has 0 heterocycles. The zero-order valence-electron chi connectivity index (χ0n) is 57.8. The van der Waals surface area contributed by atoms with Gasteiger partial charge in [0.05, 0.1) is 39.6 Å². The first kappa shape index (κ1) is 71.9. The van der Waals surface area contributed by atoms with Crippen LogP contribution in [0.3, 0.4) is 0 Å². The van der Waals surface area contributed by atoms with Gasteiger partial charge in [0.25, 0.3) is 0 Å². The molecule has 0 N–H and O–H groups in total. The summed E-state index contributed by atoms with van der Waals surface area (Å²) in [5, 5.41) is 9.18. The second-order valence-electron chi connectivity index (χ2n) is 27.6. The lowest BCUT2D eigenvalue weighted by Crippen LogP contribution is -2.10. The van der Waals surface area contributed by atoms with Crippen molar-refractivity contribution in [3.63, 3.8) is 0 Å². The van der Waals surface area contributed by atoms with Gasteiger partial charge in [-0.3, -0.25) is 0 Å². The highest BCUT2D eigenvalue weighted by Crippen LogP contribution is 2.58. The maximum absolute atomic E-state index is 7.00. The average molecular weight is 1200 g/mol. The molecule has 0 fully saturated rings. The number of unbranched alkanes of at least 4 members (excludes halogenated alkanes) is 36. The molecule has 4 aromatic rings. The van der Waals surface area contributed by atoms with Crippen molar-refractivity contribution >= 4 is 32.3 Å². The maximum atomic E-state index is 7.00. The molecule has 0 atom stereocenters. The zero-order chi connectivity index (χ0) is 60.9. The normalized spacial score (nSPS) is 13.0. The summed E-state index contributed by atoms with van der Waals surface area (Å²) >= 11 is 0. The molecular weight excluding hydrogens is 1070 g/mol. The van der Waals surface area contributed by atoms with Crippen LogP contribution in [0.1, 0.15) is 378 Å². The summed E-state index contributed by atoms with van der Waals surface area (Å²) in [6.07, 6.45) is 57.0. The van der Waals surface area contributed by atoms with Gasteiger partial charge in [0.2, 0.25) is 0 Å². The topological polar surface area (TPSA) is 55.4 Å². The van der Waals surface area contributed by atoms with E-state index in [1.165, 1.54) is 330 Å². The predicted octanol–water partition coefficient (Wildman–Crippen LogP) is 24.5. The molecular formula is C81H132O6. The first-order chi connectivity index (χ1) is 43.1. The lowest BCUT2D eigenvalue weighted by atomic mass is 9.87. The van der Waals surface area contributed by atoms with Gasteiger partial charge in [-0.05, 0) is 157 Å². The summed E-state index contributed by atoms with van der Waals surface area (Å²) in [4.78, 5) is 0. The van der Waals surface area contributed by atoms with Crippen LogP contribution in [0, 0.1) is 0 Å². The smallest absolute Gasteiger partial charge is 0.0723 e. The molecule has 0 aromatic heterocycles. The summed E-state index contributed by atoms with van der Waals surface area (Å²) in [5.41, 5.74) is 17.6. The Balaban J connectivity index is 1.31. The Labute approximate surface area is 534 Å². The minimum Gasteiger partial charge on any atom is -0.377 e. The summed E-state index contributed by atoms with van der Waals surface area (Å²) < 4.78 is 42.0. The lowest BCUT2D eigenvalue weighted by Gasteiger charge is -2.20. The van der Waals surface area contributed by atoms with E-state index in [1.54, 1.807) is 0 Å². The van der Waals surface area contributed by atoms with Crippen LogP contribution in [0.15, 0.2) is 0 Å². The monoisotopic (exact) mass is 1200 g/mol. The minimum atomic E-state index is 0.650. The lowest BCUT2D eigenvalue weighted by molar-refractivity contribution is 0.102. The third-order valence-corrected chi connectivity index (χ3v) is 20.5. The Hall–Kier alpha value is -2.58. The second-order valence-corrected chi connectivity index (χ2v) is 27.6. The van der Waals surface area contributed by atoms with E-state index in [9.17, 15) is 0 Å². The molecule has 6 heteroatoms. The second kappa shape index (κ2) is 43.3. The molecule has 3 aliphatic rings. The van der Waals surface area contributed by atoms with Gasteiger partial charge in [-0.15, -0.1) is 0 Å². The Morgan fingerprint density at radius 3 is 0.437 bits per heavy atom. The van der Waals surface area contributed by atoms with Crippen LogP contribution in [0.2, 0.25) is 0 Å². The molecule has 492 valence electrons. The van der Waals surface area contributed by atoms with Crippen LogP contribution in [-0.2, 0) is 87.3 Å². The van der Waals surface area contributed by atoms with E-state index >= 15 is 0 Å². The summed E-state index contributed by atoms with van der Waals surface area (Å²) in [6.45, 7) is 22.7. The largest absolute Gasteiger partial charge is 0.377 e. The molecule has 0 spiro atoms. The van der Waals surface area contributed by atoms with Gasteiger partial charge in [0.15, 0.2) is 0 Å². The van der Waals surface area contributed by atoms with E-state index < -0.39 is 0 Å². The fourth-order valence-corrected chi connectivity index (χ4v) is 15.3. The van der Waals surface area contributed by atoms with Crippen molar-refractivity contribution in [3.8, 4) is 0 Å². The van der Waals surface area contributed by atoms with Gasteiger partial charge < -0.3 is 28.4 Å². The quantitative estimate of drug-likeness (QED) is 0.0280. The molecule has 0 saturated carbocycles. The summed E-state index contributed by atoms with van der Waals surface area (Å²) in [6, 6.07) is 0. The predicted molar refractivity (Wildman–Crippen MR) is 373 cm³/mol. The van der Waals surface area contributed by atoms with Crippen LogP contribution < -0.4 is 0 Å². The minimum absolute atomic E-state index is 0.650. The van der Waals surface area contributed by atoms with Gasteiger partial charge >= 0.3 is 0 Å². The highest BCUT2D eigenvalue weighted by atomic mass is 16.5. The van der Waals surface area contributed by atoms with E-state index in [-0.39, 0.29) is 0 Å². The van der Waals surface area contributed by atoms with Crippen molar-refractivity contribution in [1.29, 1.82) is 0 Å². The van der Waals surface area contributed by atoms with Gasteiger partial charge in [0, 0.05) is 39.6 Å². The number of hydrogen-bond acceptors (Lipinski definition) is 6. The molecule has 0 unspecified atom stereocenters. The number of benzene rings is 4. The molecule has 87 heavy (non-hydrogen) atoms. The van der Waals surface area contributed by atoms with E-state index in [1.807, 2.05) is 0 Å². The van der Waals surface area contributed by atoms with Crippen LogP contribution in [-0.4, -0.2) is 39.6 Å². The zero-order valence-corrected chi connectivity index (χ0v) is 57.8. The molecule has 0 bridgehead atoms. The van der Waals surface area contributed by atoms with Crippen molar-refractivity contribution in [2.75, 3.05) is 39.6 Å². The molecule has 4 aromatic carbocycles. The van der Waals surface area contributed by atoms with E-state index in [0.717, 1.165) is 97.4 Å². The molecule has 0 amide bonds. The first-order valence-electron chi connectivity index (χ1n) is 38.2.